The summed E-state index contributed by atoms with van der Waals surface area (Å²) in [5, 5.41) is 5.12. The number of carbonyl (C=O) groups excluding carboxylic acids is 4. The van der Waals surface area contributed by atoms with Gasteiger partial charge in [0.1, 0.15) is 23.7 Å². The molecule has 2 aliphatic heterocycles. The Kier molecular flexibility index (Phi) is 10.5. The van der Waals surface area contributed by atoms with Crippen molar-refractivity contribution in [2.45, 2.75) is 77.5 Å². The average molecular weight is 742 g/mol. The fraction of sp³-hybridized carbons (Fsp3) is 0.450. The summed E-state index contributed by atoms with van der Waals surface area (Å²) in [5.74, 6) is 0.434. The van der Waals surface area contributed by atoms with Gasteiger partial charge in [-0.15, -0.1) is 0 Å². The van der Waals surface area contributed by atoms with Gasteiger partial charge in [-0.25, -0.2) is 19.6 Å². The molecule has 4 N–H and O–H groups in total. The molecule has 0 radical (unpaired) electrons. The molecule has 2 saturated heterocycles. The molecule has 0 spiro atoms. The van der Waals surface area contributed by atoms with Crippen molar-refractivity contribution in [2.75, 3.05) is 27.2 Å². The lowest BCUT2D eigenvalue weighted by Crippen LogP contribution is -2.51. The van der Waals surface area contributed by atoms with Gasteiger partial charge in [0.2, 0.25) is 11.8 Å². The van der Waals surface area contributed by atoms with Gasteiger partial charge in [-0.3, -0.25) is 9.59 Å². The highest BCUT2D eigenvalue weighted by molar-refractivity contribution is 5.87. The number of nitrogens with zero attached hydrogens (tertiary/aromatic N) is 4. The van der Waals surface area contributed by atoms with Crippen molar-refractivity contribution in [1.29, 1.82) is 0 Å². The molecule has 4 aromatic rings. The van der Waals surface area contributed by atoms with Crippen molar-refractivity contribution in [3.63, 3.8) is 0 Å². The van der Waals surface area contributed by atoms with Crippen LogP contribution in [0.4, 0.5) is 9.59 Å². The van der Waals surface area contributed by atoms with E-state index in [4.69, 9.17) is 8.85 Å². The van der Waals surface area contributed by atoms with Crippen LogP contribution in [0.25, 0.3) is 33.6 Å². The summed E-state index contributed by atoms with van der Waals surface area (Å²) >= 11 is 0. The molecule has 0 unspecified atom stereocenters. The van der Waals surface area contributed by atoms with Crippen LogP contribution in [0.5, 0.6) is 0 Å². The predicted octanol–water partition coefficient (Wildman–Crippen LogP) is 6.22. The molecule has 2 fully saturated rings. The predicted molar refractivity (Wildman–Crippen MR) is 203 cm³/mol. The average Bonchev–Trinajstić information content (AvgIpc) is 4.01. The Morgan fingerprint density at radius 2 is 1.07 bits per heavy atom. The molecule has 14 heteroatoms. The maximum atomic E-state index is 13.6. The summed E-state index contributed by atoms with van der Waals surface area (Å²) in [6, 6.07) is 14.0. The zero-order valence-corrected chi connectivity index (χ0v) is 31.2. The van der Waals surface area contributed by atoms with Crippen LogP contribution in [0.3, 0.4) is 0 Å². The van der Waals surface area contributed by atoms with E-state index in [0.29, 0.717) is 31.2 Å². The highest BCUT2D eigenvalue weighted by Crippen LogP contribution is 2.35. The molecule has 4 atom stereocenters. The number of carbonyl (C=O) groups is 4. The van der Waals surface area contributed by atoms with Gasteiger partial charge in [0, 0.05) is 13.1 Å². The zero-order valence-electron chi connectivity index (χ0n) is 34.2. The zero-order chi connectivity index (χ0) is 41.0. The first-order valence-electron chi connectivity index (χ1n) is 19.9. The second-order valence-corrected chi connectivity index (χ2v) is 14.5. The van der Waals surface area contributed by atoms with Crippen molar-refractivity contribution in [2.24, 2.45) is 11.8 Å². The lowest BCUT2D eigenvalue weighted by atomic mass is 10.0. The SMILES string of the molecule is [2H]C([2H])([2H])OC(=O)N[C@H](C(=O)N1CCC[C@@H]1c1ncc(-c2ccc(-c3ccc(-c4cnc([C@@H]5CCCN5C(=O)[C@@H](NC(=O)OC)C(C)C)[nH]4)cc3)cc2)[nH]1)C(C)C. The van der Waals surface area contributed by atoms with E-state index in [1.165, 1.54) is 7.11 Å². The quantitative estimate of drug-likeness (QED) is 0.140. The first-order chi connectivity index (χ1) is 27.1. The number of methoxy groups -OCH3 is 2. The van der Waals surface area contributed by atoms with Crippen LogP contribution in [0, 0.1) is 11.8 Å². The van der Waals surface area contributed by atoms with Crippen LogP contribution in [-0.2, 0) is 19.1 Å². The minimum absolute atomic E-state index is 0.117. The molecule has 2 aromatic heterocycles. The van der Waals surface area contributed by atoms with Crippen LogP contribution in [0.2, 0.25) is 0 Å². The van der Waals surface area contributed by atoms with Crippen molar-refractivity contribution < 1.29 is 32.8 Å². The minimum Gasteiger partial charge on any atom is -0.453 e. The van der Waals surface area contributed by atoms with Gasteiger partial charge in [0.05, 0.1) is 54.1 Å². The van der Waals surface area contributed by atoms with Gasteiger partial charge in [-0.1, -0.05) is 76.2 Å². The van der Waals surface area contributed by atoms with Crippen LogP contribution < -0.4 is 10.6 Å². The monoisotopic (exact) mass is 741 g/mol. The first-order valence-corrected chi connectivity index (χ1v) is 18.4. The number of hydrogen-bond donors (Lipinski definition) is 4. The Balaban J connectivity index is 1.10. The van der Waals surface area contributed by atoms with E-state index in [2.05, 4.69) is 35.3 Å². The molecule has 4 amide bonds. The second-order valence-electron chi connectivity index (χ2n) is 14.5. The molecule has 2 aliphatic rings. The third kappa shape index (κ3) is 8.12. The molecule has 0 aliphatic carbocycles. The number of ether oxygens (including phenoxy) is 2. The second kappa shape index (κ2) is 16.6. The Morgan fingerprint density at radius 1 is 0.685 bits per heavy atom. The lowest BCUT2D eigenvalue weighted by molar-refractivity contribution is -0.136. The third-order valence-corrected chi connectivity index (χ3v) is 10.3. The Morgan fingerprint density at radius 3 is 1.44 bits per heavy atom. The number of aromatic amines is 2. The first kappa shape index (κ1) is 34.1. The van der Waals surface area contributed by atoms with E-state index in [1.807, 2.05) is 62.4 Å². The third-order valence-electron chi connectivity index (χ3n) is 10.3. The van der Waals surface area contributed by atoms with Gasteiger partial charge < -0.3 is 39.9 Å². The maximum Gasteiger partial charge on any atom is 0.407 e. The summed E-state index contributed by atoms with van der Waals surface area (Å²) in [4.78, 5) is 70.9. The molecular weight excluding hydrogens is 688 g/mol. The number of amides is 4. The minimum atomic E-state index is -2.92. The molecule has 0 bridgehead atoms. The molecule has 286 valence electrons. The van der Waals surface area contributed by atoms with E-state index < -0.39 is 31.3 Å². The van der Waals surface area contributed by atoms with Crippen molar-refractivity contribution in [1.82, 2.24) is 40.4 Å². The van der Waals surface area contributed by atoms with E-state index in [9.17, 15) is 19.2 Å². The van der Waals surface area contributed by atoms with Crippen LogP contribution in [-0.4, -0.2) is 93.1 Å². The van der Waals surface area contributed by atoms with Crippen LogP contribution in [0.1, 0.15) is 81.2 Å². The molecule has 4 heterocycles. The van der Waals surface area contributed by atoms with Gasteiger partial charge in [0.15, 0.2) is 0 Å². The Labute approximate surface area is 319 Å². The number of hydrogen-bond acceptors (Lipinski definition) is 8. The summed E-state index contributed by atoms with van der Waals surface area (Å²) < 4.78 is 30.8. The lowest BCUT2D eigenvalue weighted by Gasteiger charge is -2.30. The van der Waals surface area contributed by atoms with E-state index >= 15 is 0 Å². The number of benzene rings is 2. The number of rotatable bonds is 11. The molecular formula is C40H50N8O6. The van der Waals surface area contributed by atoms with Gasteiger partial charge in [0.25, 0.3) is 0 Å². The van der Waals surface area contributed by atoms with Crippen LogP contribution >= 0.6 is 0 Å². The van der Waals surface area contributed by atoms with Crippen molar-refractivity contribution in [3.8, 4) is 33.6 Å². The topological polar surface area (TPSA) is 175 Å². The van der Waals surface area contributed by atoms with E-state index in [-0.39, 0.29) is 35.7 Å². The largest absolute Gasteiger partial charge is 0.453 e. The molecule has 6 rings (SSSR count). The summed E-state index contributed by atoms with van der Waals surface area (Å²) in [5.41, 5.74) is 5.55. The number of aromatic nitrogens is 4. The highest BCUT2D eigenvalue weighted by Gasteiger charge is 2.39. The summed E-state index contributed by atoms with van der Waals surface area (Å²) in [6.45, 7) is 8.38. The highest BCUT2D eigenvalue weighted by atomic mass is 16.5. The van der Waals surface area contributed by atoms with E-state index in [0.717, 1.165) is 52.9 Å². The number of nitrogens with one attached hydrogen (secondary N) is 4. The number of H-pyrrole nitrogens is 2. The van der Waals surface area contributed by atoms with Gasteiger partial charge in [-0.05, 0) is 59.8 Å². The summed E-state index contributed by atoms with van der Waals surface area (Å²) in [6.07, 6.45) is 4.76. The normalized spacial score (nSPS) is 19.2. The fourth-order valence-corrected chi connectivity index (χ4v) is 7.35. The smallest absolute Gasteiger partial charge is 0.407 e. The number of alkyl carbamates (subject to hydrolysis) is 2. The number of likely N-dealkylation sites (tertiary alicyclic amines) is 2. The summed E-state index contributed by atoms with van der Waals surface area (Å²) in [7, 11) is -1.64. The fourth-order valence-electron chi connectivity index (χ4n) is 7.35. The van der Waals surface area contributed by atoms with Crippen molar-refractivity contribution in [3.05, 3.63) is 72.6 Å². The standard InChI is InChI=1S/C40H50N8O6/c1-23(2)33(45-39(51)53-5)37(49)47-19-7-9-31(47)35-41-21-29(43-35)27-15-11-25(12-16-27)26-13-17-28(18-14-26)30-22-42-36(44-30)32-10-8-20-48(32)38(50)34(24(3)4)46-40(52)54-6/h11-18,21-24,31-34H,7-10,19-20H2,1-6H3,(H,41,43)(H,42,44)(H,45,51)(H,46,52)/t31-,32+,33-,34-/m0/s1/i5D3/t31-,32+,33+,34+/m1. The molecule has 0 saturated carbocycles. The number of imidazole rings is 2. The Hall–Kier alpha value is -5.66. The van der Waals surface area contributed by atoms with E-state index in [1.54, 1.807) is 36.0 Å². The molecule has 2 aromatic carbocycles. The van der Waals surface area contributed by atoms with Crippen molar-refractivity contribution >= 4 is 24.0 Å². The maximum absolute atomic E-state index is 13.6. The van der Waals surface area contributed by atoms with Crippen LogP contribution in [0.15, 0.2) is 60.9 Å². The van der Waals surface area contributed by atoms with Gasteiger partial charge in [-0.2, -0.15) is 0 Å². The molecule has 14 nitrogen and oxygen atoms in total. The Bertz CT molecular complexity index is 2050. The molecule has 54 heavy (non-hydrogen) atoms. The van der Waals surface area contributed by atoms with Gasteiger partial charge >= 0.3 is 12.2 Å².